The van der Waals surface area contributed by atoms with E-state index in [4.69, 9.17) is 4.42 Å². The fraction of sp³-hybridized carbons (Fsp3) is 0. The van der Waals surface area contributed by atoms with Crippen molar-refractivity contribution in [1.82, 2.24) is 0 Å². The van der Waals surface area contributed by atoms with E-state index < -0.39 is 0 Å². The predicted octanol–water partition coefficient (Wildman–Crippen LogP) is 11.1. The van der Waals surface area contributed by atoms with Crippen LogP contribution >= 0.6 is 11.3 Å². The number of furan rings is 1. The van der Waals surface area contributed by atoms with E-state index in [9.17, 15) is 0 Å². The van der Waals surface area contributed by atoms with Crippen molar-refractivity contribution in [2.24, 2.45) is 0 Å². The summed E-state index contributed by atoms with van der Waals surface area (Å²) in [5.74, 6) is 0. The molecule has 7 aromatic carbocycles. The van der Waals surface area contributed by atoms with Crippen LogP contribution in [-0.4, -0.2) is 0 Å². The van der Waals surface area contributed by atoms with Crippen LogP contribution in [0.4, 0.5) is 0 Å². The Bertz CT molecular complexity index is 2370. The molecule has 9 aromatic rings. The Hall–Kier alpha value is -4.66. The normalized spacial score (nSPS) is 12.2. The van der Waals surface area contributed by atoms with E-state index in [0.717, 1.165) is 16.6 Å². The van der Waals surface area contributed by atoms with Gasteiger partial charge in [0, 0.05) is 36.3 Å². The predicted molar refractivity (Wildman–Crippen MR) is 165 cm³/mol. The van der Waals surface area contributed by atoms with E-state index in [1.54, 1.807) is 0 Å². The highest BCUT2D eigenvalue weighted by atomic mass is 32.1. The lowest BCUT2D eigenvalue weighted by Gasteiger charge is -2.10. The second kappa shape index (κ2) is 7.44. The van der Waals surface area contributed by atoms with Gasteiger partial charge in [-0.3, -0.25) is 0 Å². The number of hydrogen-bond acceptors (Lipinski definition) is 2. The maximum Gasteiger partial charge on any atom is 0.143 e. The molecule has 0 radical (unpaired) electrons. The summed E-state index contributed by atoms with van der Waals surface area (Å²) in [4.78, 5) is 0. The number of hydrogen-bond donors (Lipinski definition) is 0. The third-order valence-electron chi connectivity index (χ3n) is 8.06. The molecule has 9 rings (SSSR count). The molecule has 0 aliphatic heterocycles. The van der Waals surface area contributed by atoms with Crippen molar-refractivity contribution in [3.8, 4) is 11.1 Å². The van der Waals surface area contributed by atoms with Crippen molar-refractivity contribution in [3.63, 3.8) is 0 Å². The first-order valence-corrected chi connectivity index (χ1v) is 13.8. The molecule has 2 heterocycles. The molecule has 0 aliphatic carbocycles. The minimum absolute atomic E-state index is 0.928. The van der Waals surface area contributed by atoms with Crippen LogP contribution in [0.15, 0.2) is 126 Å². The van der Waals surface area contributed by atoms with Crippen molar-refractivity contribution in [2.75, 3.05) is 0 Å². The average Bonchev–Trinajstić information content (AvgIpc) is 3.55. The van der Waals surface area contributed by atoms with E-state index in [0.29, 0.717) is 0 Å². The molecule has 1 nitrogen and oxygen atoms in total. The van der Waals surface area contributed by atoms with Crippen LogP contribution in [0.3, 0.4) is 0 Å². The fourth-order valence-corrected chi connectivity index (χ4v) is 7.60. The van der Waals surface area contributed by atoms with Gasteiger partial charge in [-0.1, -0.05) is 97.1 Å². The van der Waals surface area contributed by atoms with Crippen molar-refractivity contribution in [3.05, 3.63) is 121 Å². The van der Waals surface area contributed by atoms with Crippen LogP contribution in [0, 0.1) is 0 Å². The highest BCUT2D eigenvalue weighted by Crippen LogP contribution is 2.44. The number of rotatable bonds is 1. The highest BCUT2D eigenvalue weighted by molar-refractivity contribution is 7.26. The monoisotopic (exact) mass is 500 g/mol. The quantitative estimate of drug-likeness (QED) is 0.204. The fourth-order valence-electron chi connectivity index (χ4n) is 6.36. The Labute approximate surface area is 222 Å². The second-order valence-electron chi connectivity index (χ2n) is 10.0. The Morgan fingerprint density at radius 2 is 1.08 bits per heavy atom. The molecule has 0 saturated carbocycles. The zero-order valence-electron chi connectivity index (χ0n) is 20.4. The maximum absolute atomic E-state index is 6.65. The molecule has 176 valence electrons. The molecule has 0 saturated heterocycles. The first-order chi connectivity index (χ1) is 18.8. The molecule has 0 bridgehead atoms. The lowest BCUT2D eigenvalue weighted by atomic mass is 9.93. The molecule has 0 unspecified atom stereocenters. The van der Waals surface area contributed by atoms with Crippen LogP contribution in [0.1, 0.15) is 0 Å². The Morgan fingerprint density at radius 1 is 0.447 bits per heavy atom. The minimum Gasteiger partial charge on any atom is -0.455 e. The zero-order chi connectivity index (χ0) is 24.8. The van der Waals surface area contributed by atoms with Gasteiger partial charge in [0.2, 0.25) is 0 Å². The van der Waals surface area contributed by atoms with Crippen LogP contribution in [0.5, 0.6) is 0 Å². The summed E-state index contributed by atoms with van der Waals surface area (Å²) in [5.41, 5.74) is 4.40. The first kappa shape index (κ1) is 20.4. The minimum atomic E-state index is 0.928. The van der Waals surface area contributed by atoms with Crippen LogP contribution in [0.2, 0.25) is 0 Å². The van der Waals surface area contributed by atoms with E-state index in [2.05, 4.69) is 121 Å². The summed E-state index contributed by atoms with van der Waals surface area (Å²) < 4.78 is 9.32. The Kier molecular flexibility index (Phi) is 3.99. The summed E-state index contributed by atoms with van der Waals surface area (Å²) in [6.45, 7) is 0. The second-order valence-corrected chi connectivity index (χ2v) is 11.1. The molecule has 2 aromatic heterocycles. The highest BCUT2D eigenvalue weighted by Gasteiger charge is 2.17. The van der Waals surface area contributed by atoms with Gasteiger partial charge in [-0.2, -0.15) is 0 Å². The van der Waals surface area contributed by atoms with Crippen LogP contribution in [-0.2, 0) is 0 Å². The van der Waals surface area contributed by atoms with Gasteiger partial charge < -0.3 is 4.42 Å². The SMILES string of the molecule is c1ccc2c(c1)sc1c(-c3ccc4oc5c(ccc6c7ccccc7c7ccccc7c65)c4c3)cccc12. The van der Waals surface area contributed by atoms with Gasteiger partial charge in [0.1, 0.15) is 11.2 Å². The molecule has 0 spiro atoms. The Morgan fingerprint density at radius 3 is 1.89 bits per heavy atom. The smallest absolute Gasteiger partial charge is 0.143 e. The van der Waals surface area contributed by atoms with E-state index in [1.807, 2.05) is 11.3 Å². The van der Waals surface area contributed by atoms with Crippen LogP contribution < -0.4 is 0 Å². The lowest BCUT2D eigenvalue weighted by Crippen LogP contribution is -1.83. The van der Waals surface area contributed by atoms with Gasteiger partial charge in [-0.05, 0) is 62.3 Å². The third kappa shape index (κ3) is 2.65. The molecule has 2 heteroatoms. The van der Waals surface area contributed by atoms with Gasteiger partial charge in [-0.25, -0.2) is 0 Å². The standard InChI is InChI=1S/C36H20OS/c1-2-10-25-23(8-1)24-9-3-4-12-27(24)34-28(25)17-18-29-31-20-21(16-19-32(31)37-35(29)34)22-13-7-14-30-26-11-5-6-15-33(26)38-36(22)30/h1-20H. The molecule has 0 N–H and O–H groups in total. The molecule has 0 atom stereocenters. The first-order valence-electron chi connectivity index (χ1n) is 12.9. The lowest BCUT2D eigenvalue weighted by molar-refractivity contribution is 0.673. The van der Waals surface area contributed by atoms with Crippen molar-refractivity contribution in [1.29, 1.82) is 0 Å². The topological polar surface area (TPSA) is 13.1 Å². The van der Waals surface area contributed by atoms with Gasteiger partial charge in [-0.15, -0.1) is 11.3 Å². The van der Waals surface area contributed by atoms with Gasteiger partial charge >= 0.3 is 0 Å². The Balaban J connectivity index is 1.37. The van der Waals surface area contributed by atoms with E-state index >= 15 is 0 Å². The third-order valence-corrected chi connectivity index (χ3v) is 9.28. The molecular weight excluding hydrogens is 480 g/mol. The summed E-state index contributed by atoms with van der Waals surface area (Å²) in [7, 11) is 0. The average molecular weight is 501 g/mol. The zero-order valence-corrected chi connectivity index (χ0v) is 21.2. The summed E-state index contributed by atoms with van der Waals surface area (Å²) in [6, 6.07) is 44.0. The van der Waals surface area contributed by atoms with Crippen LogP contribution in [0.25, 0.3) is 85.6 Å². The summed E-state index contributed by atoms with van der Waals surface area (Å²) in [6.07, 6.45) is 0. The molecule has 0 aliphatic rings. The molecule has 0 amide bonds. The van der Waals surface area contributed by atoms with Crippen molar-refractivity contribution < 1.29 is 4.42 Å². The molecular formula is C36H20OS. The summed E-state index contributed by atoms with van der Waals surface area (Å²) in [5, 5.41) is 12.5. The largest absolute Gasteiger partial charge is 0.455 e. The van der Waals surface area contributed by atoms with Crippen molar-refractivity contribution in [2.45, 2.75) is 0 Å². The molecule has 0 fully saturated rings. The number of thiophene rings is 1. The maximum atomic E-state index is 6.65. The van der Waals surface area contributed by atoms with Gasteiger partial charge in [0.25, 0.3) is 0 Å². The molecule has 38 heavy (non-hydrogen) atoms. The van der Waals surface area contributed by atoms with Gasteiger partial charge in [0.15, 0.2) is 0 Å². The summed E-state index contributed by atoms with van der Waals surface area (Å²) >= 11 is 1.88. The van der Waals surface area contributed by atoms with E-state index in [-0.39, 0.29) is 0 Å². The van der Waals surface area contributed by atoms with E-state index in [1.165, 1.54) is 69.0 Å². The number of fused-ring (bicyclic) bond motifs is 13. The number of benzene rings is 7. The van der Waals surface area contributed by atoms with Crippen molar-refractivity contribution >= 4 is 85.8 Å². The van der Waals surface area contributed by atoms with Gasteiger partial charge in [0.05, 0.1) is 0 Å².